The van der Waals surface area contributed by atoms with Crippen LogP contribution in [0.3, 0.4) is 0 Å². The van der Waals surface area contributed by atoms with E-state index in [2.05, 4.69) is 30.0 Å². The maximum atomic E-state index is 11.8. The Morgan fingerprint density at radius 1 is 1.16 bits per heavy atom. The molecule has 2 aromatic carbocycles. The minimum Gasteiger partial charge on any atom is -0.480 e. The Morgan fingerprint density at radius 3 is 2.60 bits per heavy atom. The summed E-state index contributed by atoms with van der Waals surface area (Å²) in [6, 6.07) is 11.0. The first kappa shape index (κ1) is 18.2. The molecule has 0 aromatic heterocycles. The van der Waals surface area contributed by atoms with Crippen molar-refractivity contribution < 1.29 is 9.90 Å². The van der Waals surface area contributed by atoms with E-state index < -0.39 is 12.0 Å². The second-order valence-corrected chi connectivity index (χ2v) is 7.51. The second-order valence-electron chi connectivity index (χ2n) is 6.66. The van der Waals surface area contributed by atoms with Gasteiger partial charge in [0.25, 0.3) is 0 Å². The van der Waals surface area contributed by atoms with Crippen molar-refractivity contribution in [2.45, 2.75) is 38.8 Å². The number of aryl methyl sites for hydroxylation is 2. The van der Waals surface area contributed by atoms with E-state index in [-0.39, 0.29) is 6.04 Å². The minimum atomic E-state index is -0.780. The molecule has 0 amide bonds. The summed E-state index contributed by atoms with van der Waals surface area (Å²) in [5.41, 5.74) is 4.25. The van der Waals surface area contributed by atoms with Crippen molar-refractivity contribution >= 4 is 29.2 Å². The molecular weight excluding hydrogens is 357 g/mol. The van der Waals surface area contributed by atoms with Crippen LogP contribution in [0.1, 0.15) is 41.1 Å². The Morgan fingerprint density at radius 2 is 1.92 bits per heavy atom. The summed E-state index contributed by atoms with van der Waals surface area (Å²) < 4.78 is 0. The van der Waals surface area contributed by atoms with E-state index in [1.165, 1.54) is 0 Å². The van der Waals surface area contributed by atoms with Crippen LogP contribution in [-0.2, 0) is 4.79 Å². The number of hydrogen-bond donors (Lipinski definition) is 1. The van der Waals surface area contributed by atoms with Crippen molar-refractivity contribution in [3.8, 4) is 0 Å². The van der Waals surface area contributed by atoms with E-state index in [0.717, 1.165) is 35.2 Å². The monoisotopic (exact) mass is 377 g/mol. The number of carboxylic acid groups (broad SMARTS) is 1. The lowest BCUT2D eigenvalue weighted by molar-refractivity contribution is -0.142. The highest BCUT2D eigenvalue weighted by atomic mass is 35.5. The van der Waals surface area contributed by atoms with Gasteiger partial charge in [-0.1, -0.05) is 53.0 Å². The Balaban J connectivity index is 2.17. The Kier molecular flexibility index (Phi) is 5.38. The number of carbonyl (C=O) groups is 1. The minimum absolute atomic E-state index is 0.201. The predicted octanol–water partition coefficient (Wildman–Crippen LogP) is 5.25. The topological polar surface area (TPSA) is 40.5 Å². The average Bonchev–Trinajstić information content (AvgIpc) is 3.02. The fourth-order valence-electron chi connectivity index (χ4n) is 3.67. The summed E-state index contributed by atoms with van der Waals surface area (Å²) in [4.78, 5) is 13.8. The lowest BCUT2D eigenvalue weighted by Gasteiger charge is -2.33. The molecule has 0 bridgehead atoms. The molecule has 1 fully saturated rings. The number of benzene rings is 2. The number of carboxylic acids is 1. The molecule has 5 heteroatoms. The molecule has 1 N–H and O–H groups in total. The van der Waals surface area contributed by atoms with Gasteiger partial charge < -0.3 is 5.11 Å². The van der Waals surface area contributed by atoms with Gasteiger partial charge in [-0.2, -0.15) is 0 Å². The van der Waals surface area contributed by atoms with Crippen LogP contribution in [0, 0.1) is 13.8 Å². The first-order chi connectivity index (χ1) is 11.9. The molecule has 3 nitrogen and oxygen atoms in total. The summed E-state index contributed by atoms with van der Waals surface area (Å²) in [6.07, 6.45) is 1.52. The Labute approximate surface area is 158 Å². The van der Waals surface area contributed by atoms with Gasteiger partial charge in [0.05, 0.1) is 6.04 Å². The summed E-state index contributed by atoms with van der Waals surface area (Å²) >= 11 is 12.6. The Bertz CT molecular complexity index is 806. The van der Waals surface area contributed by atoms with Crippen molar-refractivity contribution in [2.75, 3.05) is 6.54 Å². The first-order valence-electron chi connectivity index (χ1n) is 8.39. The summed E-state index contributed by atoms with van der Waals surface area (Å²) in [5.74, 6) is -0.780. The van der Waals surface area contributed by atoms with Crippen molar-refractivity contribution in [3.63, 3.8) is 0 Å². The van der Waals surface area contributed by atoms with E-state index in [1.54, 1.807) is 6.07 Å². The third-order valence-electron chi connectivity index (χ3n) is 4.90. The van der Waals surface area contributed by atoms with Gasteiger partial charge in [0.1, 0.15) is 6.04 Å². The van der Waals surface area contributed by atoms with Crippen LogP contribution >= 0.6 is 23.2 Å². The summed E-state index contributed by atoms with van der Waals surface area (Å²) in [7, 11) is 0. The molecule has 1 aliphatic heterocycles. The fraction of sp³-hybridized carbons (Fsp3) is 0.350. The van der Waals surface area contributed by atoms with Gasteiger partial charge in [0.2, 0.25) is 0 Å². The van der Waals surface area contributed by atoms with Crippen molar-refractivity contribution in [1.29, 1.82) is 0 Å². The first-order valence-corrected chi connectivity index (χ1v) is 9.14. The highest BCUT2D eigenvalue weighted by Crippen LogP contribution is 2.40. The van der Waals surface area contributed by atoms with Crippen molar-refractivity contribution in [3.05, 3.63) is 68.7 Å². The van der Waals surface area contributed by atoms with Gasteiger partial charge in [-0.25, -0.2) is 0 Å². The number of aliphatic carboxylic acids is 1. The van der Waals surface area contributed by atoms with Gasteiger partial charge in [0, 0.05) is 16.6 Å². The van der Waals surface area contributed by atoms with Crippen molar-refractivity contribution in [2.24, 2.45) is 0 Å². The molecule has 132 valence electrons. The quantitative estimate of drug-likeness (QED) is 0.790. The van der Waals surface area contributed by atoms with E-state index >= 15 is 0 Å². The number of likely N-dealkylation sites (tertiary alicyclic amines) is 1. The zero-order valence-corrected chi connectivity index (χ0v) is 15.8. The zero-order chi connectivity index (χ0) is 18.1. The van der Waals surface area contributed by atoms with Crippen LogP contribution in [0.25, 0.3) is 0 Å². The van der Waals surface area contributed by atoms with E-state index in [0.29, 0.717) is 16.5 Å². The van der Waals surface area contributed by atoms with Gasteiger partial charge in [-0.15, -0.1) is 0 Å². The highest BCUT2D eigenvalue weighted by Gasteiger charge is 2.38. The Hall–Kier alpha value is -1.55. The van der Waals surface area contributed by atoms with Gasteiger partial charge in [0.15, 0.2) is 0 Å². The zero-order valence-electron chi connectivity index (χ0n) is 14.3. The lowest BCUT2D eigenvalue weighted by atomic mass is 9.91. The molecule has 0 aliphatic carbocycles. The van der Waals surface area contributed by atoms with Crippen molar-refractivity contribution in [1.82, 2.24) is 4.90 Å². The third kappa shape index (κ3) is 3.69. The number of halogens is 2. The van der Waals surface area contributed by atoms with E-state index in [1.807, 2.05) is 19.1 Å². The fourth-order valence-corrected chi connectivity index (χ4v) is 4.18. The second kappa shape index (κ2) is 7.36. The predicted molar refractivity (Wildman–Crippen MR) is 102 cm³/mol. The van der Waals surface area contributed by atoms with Crippen LogP contribution < -0.4 is 0 Å². The SMILES string of the molecule is Cc1ccc(C)c(C(c2ccc(Cl)cc2Cl)N2CCCC2C(=O)O)c1. The van der Waals surface area contributed by atoms with E-state index in [4.69, 9.17) is 23.2 Å². The molecule has 0 saturated carbocycles. The van der Waals surface area contributed by atoms with Crippen LogP contribution in [0.15, 0.2) is 36.4 Å². The van der Waals surface area contributed by atoms with Crippen LogP contribution in [0.4, 0.5) is 0 Å². The third-order valence-corrected chi connectivity index (χ3v) is 5.46. The maximum Gasteiger partial charge on any atom is 0.320 e. The van der Waals surface area contributed by atoms with Crippen LogP contribution in [0.2, 0.25) is 10.0 Å². The molecule has 2 unspecified atom stereocenters. The number of hydrogen-bond acceptors (Lipinski definition) is 2. The molecule has 0 radical (unpaired) electrons. The number of rotatable bonds is 4. The molecule has 0 spiro atoms. The van der Waals surface area contributed by atoms with Gasteiger partial charge in [-0.05, 0) is 55.5 Å². The molecule has 3 rings (SSSR count). The smallest absolute Gasteiger partial charge is 0.320 e. The van der Waals surface area contributed by atoms with Crippen LogP contribution in [0.5, 0.6) is 0 Å². The maximum absolute atomic E-state index is 11.8. The molecule has 2 aromatic rings. The lowest BCUT2D eigenvalue weighted by Crippen LogP contribution is -2.39. The molecule has 1 saturated heterocycles. The largest absolute Gasteiger partial charge is 0.480 e. The highest BCUT2D eigenvalue weighted by molar-refractivity contribution is 6.35. The van der Waals surface area contributed by atoms with Crippen LogP contribution in [-0.4, -0.2) is 28.6 Å². The molecular formula is C20H21Cl2NO2. The molecule has 1 heterocycles. The summed E-state index contributed by atoms with van der Waals surface area (Å²) in [6.45, 7) is 4.83. The molecule has 25 heavy (non-hydrogen) atoms. The summed E-state index contributed by atoms with van der Waals surface area (Å²) in [5, 5.41) is 10.8. The standard InChI is InChI=1S/C20H21Cl2NO2/c1-12-5-6-13(2)16(10-12)19(15-8-7-14(21)11-17(15)22)23-9-3-4-18(23)20(24)25/h5-8,10-11,18-19H,3-4,9H2,1-2H3,(H,24,25). The average molecular weight is 378 g/mol. The molecule has 2 atom stereocenters. The van der Waals surface area contributed by atoms with E-state index in [9.17, 15) is 9.90 Å². The number of nitrogens with zero attached hydrogens (tertiary/aromatic N) is 1. The van der Waals surface area contributed by atoms with Gasteiger partial charge in [-0.3, -0.25) is 9.69 Å². The molecule has 1 aliphatic rings. The van der Waals surface area contributed by atoms with Gasteiger partial charge >= 0.3 is 5.97 Å². The normalized spacial score (nSPS) is 19.1.